The van der Waals surface area contributed by atoms with Gasteiger partial charge in [-0.25, -0.2) is 0 Å². The summed E-state index contributed by atoms with van der Waals surface area (Å²) in [4.78, 5) is 0. The van der Waals surface area contributed by atoms with Crippen LogP contribution in [0, 0.1) is 13.8 Å². The maximum atomic E-state index is 5.65. The summed E-state index contributed by atoms with van der Waals surface area (Å²) >= 11 is 4.98. The molecular weight excluding hydrogens is 234 g/mol. The van der Waals surface area contributed by atoms with Crippen molar-refractivity contribution in [3.8, 4) is 5.75 Å². The standard InChI is InChI=1S/C12H15N3OS/c1-8-4-5-10(6-9(8)2)16-7-11-13-14-12(17)15(11)3/h4-6H,7H2,1-3H3,(H,14,17)/p-1. The Hall–Kier alpha value is -1.62. The summed E-state index contributed by atoms with van der Waals surface area (Å²) in [5.74, 6) is 1.57. The molecule has 0 aliphatic heterocycles. The van der Waals surface area contributed by atoms with E-state index in [9.17, 15) is 0 Å². The summed E-state index contributed by atoms with van der Waals surface area (Å²) in [5, 5.41) is 8.24. The number of aryl methyl sites for hydroxylation is 2. The molecule has 90 valence electrons. The van der Waals surface area contributed by atoms with Crippen LogP contribution in [-0.2, 0) is 26.3 Å². The number of aromatic nitrogens is 3. The lowest BCUT2D eigenvalue weighted by Gasteiger charge is -2.09. The summed E-state index contributed by atoms with van der Waals surface area (Å²) in [5.41, 5.74) is 2.47. The number of ether oxygens (including phenoxy) is 1. The molecule has 0 bridgehead atoms. The Bertz CT molecular complexity index is 537. The Kier molecular flexibility index (Phi) is 3.28. The number of benzene rings is 1. The molecule has 0 unspecified atom stereocenters. The third-order valence-corrected chi connectivity index (χ3v) is 3.13. The van der Waals surface area contributed by atoms with E-state index in [1.54, 1.807) is 4.57 Å². The highest BCUT2D eigenvalue weighted by Gasteiger charge is 2.03. The number of nitrogens with zero attached hydrogens (tertiary/aromatic N) is 3. The Morgan fingerprint density at radius 2 is 2.00 bits per heavy atom. The van der Waals surface area contributed by atoms with Crippen LogP contribution in [0.15, 0.2) is 23.4 Å². The Morgan fingerprint density at radius 3 is 2.59 bits per heavy atom. The minimum absolute atomic E-state index is 0.378. The minimum Gasteiger partial charge on any atom is -0.740 e. The van der Waals surface area contributed by atoms with E-state index in [2.05, 4.69) is 24.0 Å². The lowest BCUT2D eigenvalue weighted by molar-refractivity contribution is 0.290. The van der Waals surface area contributed by atoms with Gasteiger partial charge in [-0.3, -0.25) is 0 Å². The molecule has 2 aromatic rings. The largest absolute Gasteiger partial charge is 0.740 e. The second-order valence-electron chi connectivity index (χ2n) is 3.99. The molecule has 2 rings (SSSR count). The molecule has 1 heterocycles. The van der Waals surface area contributed by atoms with E-state index in [4.69, 9.17) is 17.4 Å². The average molecular weight is 248 g/mol. The second-order valence-corrected chi connectivity index (χ2v) is 4.36. The smallest absolute Gasteiger partial charge is 0.169 e. The van der Waals surface area contributed by atoms with E-state index in [0.717, 1.165) is 11.6 Å². The van der Waals surface area contributed by atoms with Crippen LogP contribution in [0.25, 0.3) is 0 Å². The summed E-state index contributed by atoms with van der Waals surface area (Å²) in [7, 11) is 1.83. The third-order valence-electron chi connectivity index (χ3n) is 2.77. The predicted molar refractivity (Wildman–Crippen MR) is 66.9 cm³/mol. The van der Waals surface area contributed by atoms with Crippen molar-refractivity contribution in [3.05, 3.63) is 35.2 Å². The van der Waals surface area contributed by atoms with Crippen molar-refractivity contribution in [2.75, 3.05) is 0 Å². The number of rotatable bonds is 3. The zero-order valence-corrected chi connectivity index (χ0v) is 10.9. The van der Waals surface area contributed by atoms with E-state index in [0.29, 0.717) is 11.8 Å². The van der Waals surface area contributed by atoms with E-state index < -0.39 is 0 Å². The van der Waals surface area contributed by atoms with E-state index >= 15 is 0 Å². The first kappa shape index (κ1) is 11.9. The zero-order chi connectivity index (χ0) is 12.4. The molecule has 0 saturated heterocycles. The molecule has 17 heavy (non-hydrogen) atoms. The SMILES string of the molecule is Cc1ccc(OCc2nnc([S-])n2C)cc1C. The first-order valence-corrected chi connectivity index (χ1v) is 5.74. The van der Waals surface area contributed by atoms with Crippen LogP contribution in [0.3, 0.4) is 0 Å². The van der Waals surface area contributed by atoms with Gasteiger partial charge in [0.1, 0.15) is 12.4 Å². The predicted octanol–water partition coefficient (Wildman–Crippen LogP) is 1.92. The summed E-state index contributed by atoms with van der Waals surface area (Å²) in [6, 6.07) is 6.01. The van der Waals surface area contributed by atoms with Crippen LogP contribution in [-0.4, -0.2) is 14.8 Å². The molecule has 4 nitrogen and oxygen atoms in total. The van der Waals surface area contributed by atoms with Crippen LogP contribution < -0.4 is 4.74 Å². The minimum atomic E-state index is 0.378. The molecular formula is C12H14N3OS-. The fourth-order valence-corrected chi connectivity index (χ4v) is 1.57. The van der Waals surface area contributed by atoms with E-state index in [-0.39, 0.29) is 0 Å². The maximum Gasteiger partial charge on any atom is 0.169 e. The highest BCUT2D eigenvalue weighted by atomic mass is 32.1. The quantitative estimate of drug-likeness (QED) is 0.778. The third kappa shape index (κ3) is 2.55. The monoisotopic (exact) mass is 248 g/mol. The fraction of sp³-hybridized carbons (Fsp3) is 0.333. The number of hydrogen-bond acceptors (Lipinski definition) is 4. The van der Waals surface area contributed by atoms with Crippen molar-refractivity contribution in [1.82, 2.24) is 14.8 Å². The van der Waals surface area contributed by atoms with Crippen molar-refractivity contribution in [3.63, 3.8) is 0 Å². The molecule has 1 aromatic heterocycles. The van der Waals surface area contributed by atoms with Gasteiger partial charge in [-0.2, -0.15) is 5.10 Å². The van der Waals surface area contributed by atoms with Gasteiger partial charge in [-0.15, -0.1) is 5.10 Å². The van der Waals surface area contributed by atoms with E-state index in [1.807, 2.05) is 25.2 Å². The summed E-state index contributed by atoms with van der Waals surface area (Å²) in [6.45, 7) is 4.51. The second kappa shape index (κ2) is 4.71. The van der Waals surface area contributed by atoms with Gasteiger partial charge in [-0.05, 0) is 37.1 Å². The fourth-order valence-electron chi connectivity index (χ4n) is 1.42. The first-order valence-electron chi connectivity index (χ1n) is 5.33. The molecule has 5 heteroatoms. The highest BCUT2D eigenvalue weighted by Crippen LogP contribution is 2.17. The lowest BCUT2D eigenvalue weighted by atomic mass is 10.1. The van der Waals surface area contributed by atoms with Gasteiger partial charge in [0.2, 0.25) is 0 Å². The lowest BCUT2D eigenvalue weighted by Crippen LogP contribution is -2.04. The molecule has 0 radical (unpaired) electrons. The van der Waals surface area contributed by atoms with Gasteiger partial charge < -0.3 is 21.9 Å². The van der Waals surface area contributed by atoms with Gasteiger partial charge in [0, 0.05) is 12.2 Å². The summed E-state index contributed by atoms with van der Waals surface area (Å²) < 4.78 is 7.40. The van der Waals surface area contributed by atoms with Crippen molar-refractivity contribution in [2.24, 2.45) is 7.05 Å². The molecule has 0 fully saturated rings. The van der Waals surface area contributed by atoms with Crippen LogP contribution in [0.1, 0.15) is 17.0 Å². The maximum absolute atomic E-state index is 5.65. The highest BCUT2D eigenvalue weighted by molar-refractivity contribution is 7.58. The van der Waals surface area contributed by atoms with Gasteiger partial charge >= 0.3 is 0 Å². The molecule has 0 aliphatic rings. The molecule has 0 N–H and O–H groups in total. The van der Waals surface area contributed by atoms with Gasteiger partial charge in [-0.1, -0.05) is 6.07 Å². The first-order chi connectivity index (χ1) is 8.08. The van der Waals surface area contributed by atoms with Crippen molar-refractivity contribution >= 4 is 12.6 Å². The molecule has 0 aliphatic carbocycles. The Labute approximate surface area is 106 Å². The molecule has 0 amide bonds. The zero-order valence-electron chi connectivity index (χ0n) is 10.1. The van der Waals surface area contributed by atoms with Crippen LogP contribution in [0.4, 0.5) is 0 Å². The Balaban J connectivity index is 2.07. The van der Waals surface area contributed by atoms with Gasteiger partial charge in [0.25, 0.3) is 0 Å². The average Bonchev–Trinajstić information content (AvgIpc) is 2.62. The number of hydrogen-bond donors (Lipinski definition) is 0. The molecule has 0 spiro atoms. The topological polar surface area (TPSA) is 39.9 Å². The summed E-state index contributed by atoms with van der Waals surface area (Å²) in [6.07, 6.45) is 0. The van der Waals surface area contributed by atoms with Crippen molar-refractivity contribution in [1.29, 1.82) is 0 Å². The van der Waals surface area contributed by atoms with Crippen LogP contribution in [0.5, 0.6) is 5.75 Å². The van der Waals surface area contributed by atoms with Crippen LogP contribution >= 0.6 is 0 Å². The normalized spacial score (nSPS) is 10.5. The molecule has 0 saturated carbocycles. The van der Waals surface area contributed by atoms with Crippen molar-refractivity contribution < 1.29 is 4.74 Å². The molecule has 0 atom stereocenters. The van der Waals surface area contributed by atoms with Gasteiger partial charge in [0.15, 0.2) is 5.82 Å². The van der Waals surface area contributed by atoms with E-state index in [1.165, 1.54) is 11.1 Å². The van der Waals surface area contributed by atoms with Crippen LogP contribution in [0.2, 0.25) is 0 Å². The molecule has 1 aromatic carbocycles. The van der Waals surface area contributed by atoms with Crippen molar-refractivity contribution in [2.45, 2.75) is 25.6 Å². The van der Waals surface area contributed by atoms with Gasteiger partial charge in [0.05, 0.1) is 0 Å². The Morgan fingerprint density at radius 1 is 1.24 bits per heavy atom.